The molecule has 0 bridgehead atoms. The van der Waals surface area contributed by atoms with Crippen LogP contribution in [0.2, 0.25) is 0 Å². The SMILES string of the molecule is CCOC(=O)NC(=O)Nc1ccc(N(CC)S(=O)(=O)c2ccccc2N=Nc2c(N)ccc3cc(S(=O)(=O)[O-])cc(O)c23)cc1.[Na+]. The van der Waals surface area contributed by atoms with Crippen LogP contribution in [-0.2, 0) is 24.9 Å². The van der Waals surface area contributed by atoms with Crippen LogP contribution in [0.15, 0.2) is 92.8 Å². The first-order valence-corrected chi connectivity index (χ1v) is 16.0. The number of urea groups is 1. The Morgan fingerprint density at radius 3 is 2.28 bits per heavy atom. The summed E-state index contributed by atoms with van der Waals surface area (Å²) in [6.07, 6.45) is -0.922. The summed E-state index contributed by atoms with van der Waals surface area (Å²) in [4.78, 5) is 22.5. The monoisotopic (exact) mass is 678 g/mol. The van der Waals surface area contributed by atoms with Gasteiger partial charge in [0.1, 0.15) is 32.1 Å². The number of nitrogens with one attached hydrogen (secondary N) is 2. The molecule has 0 aliphatic heterocycles. The summed E-state index contributed by atoms with van der Waals surface area (Å²) in [7, 11) is -9.11. The van der Waals surface area contributed by atoms with Crippen molar-refractivity contribution >= 4 is 71.5 Å². The van der Waals surface area contributed by atoms with Gasteiger partial charge in [0.05, 0.1) is 28.3 Å². The van der Waals surface area contributed by atoms with Crippen LogP contribution in [-0.4, -0.2) is 51.8 Å². The van der Waals surface area contributed by atoms with Gasteiger partial charge in [0.15, 0.2) is 0 Å². The molecule has 46 heavy (non-hydrogen) atoms. The zero-order chi connectivity index (χ0) is 32.9. The number of hydrogen-bond donors (Lipinski definition) is 4. The van der Waals surface area contributed by atoms with E-state index in [2.05, 4.69) is 20.3 Å². The topological polar surface area (TPSA) is 233 Å². The summed E-state index contributed by atoms with van der Waals surface area (Å²) in [6.45, 7) is 3.30. The van der Waals surface area contributed by atoms with Crippen LogP contribution < -0.4 is 50.2 Å². The van der Waals surface area contributed by atoms with Gasteiger partial charge in [0.25, 0.3) is 10.0 Å². The number of phenolic OH excluding ortho intramolecular Hbond substituents is 1. The number of nitrogen functional groups attached to an aromatic ring is 1. The van der Waals surface area contributed by atoms with Gasteiger partial charge in [-0.2, -0.15) is 0 Å². The summed E-state index contributed by atoms with van der Waals surface area (Å²) in [5, 5.41) is 23.3. The molecule has 236 valence electrons. The number of benzene rings is 4. The second-order valence-corrected chi connectivity index (χ2v) is 12.4. The van der Waals surface area contributed by atoms with E-state index in [4.69, 9.17) is 5.73 Å². The predicted molar refractivity (Wildman–Crippen MR) is 164 cm³/mol. The molecule has 4 rings (SSSR count). The van der Waals surface area contributed by atoms with Crippen LogP contribution in [0.1, 0.15) is 13.8 Å². The average molecular weight is 679 g/mol. The Balaban J connectivity index is 0.00000576. The van der Waals surface area contributed by atoms with Gasteiger partial charge in [-0.25, -0.2) is 31.7 Å². The van der Waals surface area contributed by atoms with E-state index in [0.29, 0.717) is 0 Å². The molecular formula is C28H27N6NaO9S2. The fourth-order valence-corrected chi connectivity index (χ4v) is 6.40. The fourth-order valence-electron chi connectivity index (χ4n) is 4.27. The Hall–Kier alpha value is -4.26. The normalized spacial score (nSPS) is 11.5. The minimum absolute atomic E-state index is 0. The number of amides is 3. The van der Waals surface area contributed by atoms with Gasteiger partial charge in [-0.1, -0.05) is 18.2 Å². The second kappa shape index (κ2) is 14.9. The summed E-state index contributed by atoms with van der Waals surface area (Å²) >= 11 is 0. The quantitative estimate of drug-likeness (QED) is 0.0869. The molecule has 0 unspecified atom stereocenters. The smallest absolute Gasteiger partial charge is 0.744 e. The van der Waals surface area contributed by atoms with Crippen molar-refractivity contribution in [2.75, 3.05) is 28.5 Å². The number of ether oxygens (including phenoxy) is 1. The molecule has 0 spiro atoms. The Morgan fingerprint density at radius 1 is 0.978 bits per heavy atom. The molecule has 4 aromatic carbocycles. The average Bonchev–Trinajstić information content (AvgIpc) is 2.97. The number of imide groups is 1. The number of aromatic hydroxyl groups is 1. The minimum atomic E-state index is -4.87. The molecule has 18 heteroatoms. The number of alkyl carbamates (subject to hydrolysis) is 1. The Bertz CT molecular complexity index is 2020. The molecule has 0 aromatic heterocycles. The molecule has 0 fully saturated rings. The van der Waals surface area contributed by atoms with Crippen LogP contribution >= 0.6 is 0 Å². The number of azo groups is 1. The van der Waals surface area contributed by atoms with Crippen LogP contribution in [0.25, 0.3) is 10.8 Å². The maximum absolute atomic E-state index is 13.8. The van der Waals surface area contributed by atoms with Crippen molar-refractivity contribution in [1.82, 2.24) is 5.32 Å². The zero-order valence-corrected chi connectivity index (χ0v) is 28.4. The van der Waals surface area contributed by atoms with Crippen molar-refractivity contribution in [3.05, 3.63) is 72.8 Å². The number of carbonyl (C=O) groups excluding carboxylic acids is 2. The maximum Gasteiger partial charge on any atom is 1.00 e. The van der Waals surface area contributed by atoms with Crippen molar-refractivity contribution < 1.29 is 70.4 Å². The zero-order valence-electron chi connectivity index (χ0n) is 24.8. The molecule has 15 nitrogen and oxygen atoms in total. The minimum Gasteiger partial charge on any atom is -0.744 e. The molecule has 0 saturated heterocycles. The first kappa shape index (κ1) is 36.2. The molecule has 4 aromatic rings. The van der Waals surface area contributed by atoms with Crippen LogP contribution in [0, 0.1) is 0 Å². The fraction of sp³-hybridized carbons (Fsp3) is 0.143. The van der Waals surface area contributed by atoms with Gasteiger partial charge in [-0.3, -0.25) is 4.31 Å². The number of fused-ring (bicyclic) bond motifs is 1. The van der Waals surface area contributed by atoms with E-state index in [-0.39, 0.29) is 86.8 Å². The van der Waals surface area contributed by atoms with Crippen molar-refractivity contribution in [3.8, 4) is 5.75 Å². The standard InChI is InChI=1S/C28H28N6O9S2.Na/c1-3-34(19-12-10-18(11-13-19)30-27(36)31-28(37)43-4-2)44(38,39)24-8-6-5-7-22(24)32-33-26-21(29)14-9-17-15-20(45(40,41)42)16-23(35)25(17)26;/h5-16,35H,3-4,29H2,1-2H3,(H,40,41,42)(H2,30,31,36,37);/q;+1/p-1. The van der Waals surface area contributed by atoms with E-state index in [1.165, 1.54) is 54.6 Å². The first-order valence-electron chi connectivity index (χ1n) is 13.2. The molecule has 0 atom stereocenters. The Labute approximate surface area is 286 Å². The maximum atomic E-state index is 13.8. The van der Waals surface area contributed by atoms with E-state index in [0.717, 1.165) is 16.4 Å². The third-order valence-corrected chi connectivity index (χ3v) is 9.01. The molecular weight excluding hydrogens is 651 g/mol. The molecule has 0 saturated carbocycles. The number of sulfonamides is 1. The van der Waals surface area contributed by atoms with E-state index in [1.807, 2.05) is 5.32 Å². The van der Waals surface area contributed by atoms with Crippen LogP contribution in [0.4, 0.5) is 38.0 Å². The number of hydrogen-bond acceptors (Lipinski definition) is 12. The van der Waals surface area contributed by atoms with Crippen molar-refractivity contribution in [3.63, 3.8) is 0 Å². The third-order valence-electron chi connectivity index (χ3n) is 6.25. The van der Waals surface area contributed by atoms with Crippen molar-refractivity contribution in [2.24, 2.45) is 10.2 Å². The predicted octanol–water partition coefficient (Wildman–Crippen LogP) is 1.94. The summed E-state index contributed by atoms with van der Waals surface area (Å²) in [6, 6.07) is 15.3. The molecule has 3 amide bonds. The summed E-state index contributed by atoms with van der Waals surface area (Å²) < 4.78 is 67.9. The van der Waals surface area contributed by atoms with Gasteiger partial charge >= 0.3 is 41.7 Å². The number of carbonyl (C=O) groups is 2. The van der Waals surface area contributed by atoms with E-state index in [1.54, 1.807) is 19.9 Å². The third kappa shape index (κ3) is 8.11. The van der Waals surface area contributed by atoms with Crippen LogP contribution in [0.3, 0.4) is 0 Å². The van der Waals surface area contributed by atoms with Crippen molar-refractivity contribution in [2.45, 2.75) is 23.6 Å². The van der Waals surface area contributed by atoms with Crippen molar-refractivity contribution in [1.29, 1.82) is 0 Å². The number of anilines is 3. The van der Waals surface area contributed by atoms with E-state index >= 15 is 0 Å². The first-order chi connectivity index (χ1) is 21.3. The molecule has 0 aliphatic rings. The van der Waals surface area contributed by atoms with Gasteiger partial charge in [-0.15, -0.1) is 10.2 Å². The number of rotatable bonds is 9. The number of nitrogens with two attached hydrogens (primary N) is 1. The van der Waals surface area contributed by atoms with Gasteiger partial charge in [0, 0.05) is 12.2 Å². The Kier molecular flexibility index (Phi) is 11.7. The van der Waals surface area contributed by atoms with E-state index < -0.39 is 42.9 Å². The van der Waals surface area contributed by atoms with Gasteiger partial charge in [0.2, 0.25) is 0 Å². The molecule has 0 aliphatic carbocycles. The molecule has 0 heterocycles. The van der Waals surface area contributed by atoms with Crippen LogP contribution in [0.5, 0.6) is 5.75 Å². The number of phenols is 1. The Morgan fingerprint density at radius 2 is 1.65 bits per heavy atom. The largest absolute Gasteiger partial charge is 1.00 e. The molecule has 0 radical (unpaired) electrons. The summed E-state index contributed by atoms with van der Waals surface area (Å²) in [5.41, 5.74) is 6.50. The summed E-state index contributed by atoms with van der Waals surface area (Å²) in [5.74, 6) is -0.586. The molecule has 5 N–H and O–H groups in total. The van der Waals surface area contributed by atoms with E-state index in [9.17, 15) is 36.1 Å². The van der Waals surface area contributed by atoms with Gasteiger partial charge in [-0.05, 0) is 73.8 Å². The van der Waals surface area contributed by atoms with Gasteiger partial charge < -0.3 is 25.4 Å². The second-order valence-electron chi connectivity index (χ2n) is 9.18. The number of nitrogens with zero attached hydrogens (tertiary/aromatic N) is 3.